The van der Waals surface area contributed by atoms with Gasteiger partial charge in [0.05, 0.1) is 11.1 Å². The van der Waals surface area contributed by atoms with Crippen LogP contribution in [0.3, 0.4) is 0 Å². The Kier molecular flexibility index (Phi) is 2.48. The van der Waals surface area contributed by atoms with Crippen LogP contribution in [-0.4, -0.2) is 21.9 Å². The van der Waals surface area contributed by atoms with Crippen molar-refractivity contribution in [2.75, 3.05) is 10.6 Å². The Morgan fingerprint density at radius 3 is 3.00 bits per heavy atom. The van der Waals surface area contributed by atoms with Crippen LogP contribution in [0.2, 0.25) is 5.28 Å². The molecule has 0 spiro atoms. The number of nitrogens with zero attached hydrogens (tertiary/aromatic N) is 2. The van der Waals surface area contributed by atoms with E-state index in [0.717, 1.165) is 19.3 Å². The Balaban J connectivity index is 2.11. The van der Waals surface area contributed by atoms with Gasteiger partial charge in [-0.05, 0) is 38.3 Å². The fraction of sp³-hybridized carbons (Fsp3) is 0.583. The molecule has 1 aromatic heterocycles. The monoisotopic (exact) mass is 266 g/mol. The predicted molar refractivity (Wildman–Crippen MR) is 69.8 cm³/mol. The number of fused-ring (bicyclic) bond motifs is 2. The van der Waals surface area contributed by atoms with Gasteiger partial charge in [0.15, 0.2) is 5.82 Å². The Morgan fingerprint density at radius 1 is 1.44 bits per heavy atom. The quantitative estimate of drug-likeness (QED) is 0.708. The van der Waals surface area contributed by atoms with Gasteiger partial charge in [0, 0.05) is 6.04 Å². The Hall–Kier alpha value is -1.36. The highest BCUT2D eigenvalue weighted by Gasteiger charge is 2.47. The van der Waals surface area contributed by atoms with Crippen molar-refractivity contribution in [1.29, 1.82) is 0 Å². The van der Waals surface area contributed by atoms with Gasteiger partial charge in [-0.2, -0.15) is 4.98 Å². The number of carbonyl (C=O) groups excluding carboxylic acids is 1. The molecule has 0 aromatic carbocycles. The van der Waals surface area contributed by atoms with Crippen molar-refractivity contribution in [2.45, 2.75) is 39.2 Å². The fourth-order valence-corrected chi connectivity index (χ4v) is 3.09. The Morgan fingerprint density at radius 2 is 2.22 bits per heavy atom. The average molecular weight is 267 g/mol. The lowest BCUT2D eigenvalue weighted by molar-refractivity contribution is -0.124. The van der Waals surface area contributed by atoms with Gasteiger partial charge in [-0.3, -0.25) is 4.79 Å². The second-order valence-corrected chi connectivity index (χ2v) is 5.60. The molecule has 1 saturated carbocycles. The molecule has 0 bridgehead atoms. The lowest BCUT2D eigenvalue weighted by atomic mass is 9.84. The fourth-order valence-electron chi connectivity index (χ4n) is 2.88. The molecular weight excluding hydrogens is 252 g/mol. The number of aromatic nitrogens is 2. The summed E-state index contributed by atoms with van der Waals surface area (Å²) in [5.41, 5.74) is 0.967. The number of amides is 1. The zero-order valence-corrected chi connectivity index (χ0v) is 11.1. The van der Waals surface area contributed by atoms with Crippen molar-refractivity contribution in [1.82, 2.24) is 9.97 Å². The molecule has 1 amide bonds. The molecule has 2 unspecified atom stereocenters. The molecule has 2 aliphatic rings. The van der Waals surface area contributed by atoms with Gasteiger partial charge in [0.25, 0.3) is 0 Å². The summed E-state index contributed by atoms with van der Waals surface area (Å²) in [7, 11) is 0. The van der Waals surface area contributed by atoms with Crippen LogP contribution in [0, 0.1) is 12.3 Å². The third-order valence-electron chi connectivity index (χ3n) is 4.09. The highest BCUT2D eigenvalue weighted by molar-refractivity contribution is 6.28. The van der Waals surface area contributed by atoms with Gasteiger partial charge in [0.2, 0.25) is 11.2 Å². The Bertz CT molecular complexity index is 533. The van der Waals surface area contributed by atoms with Gasteiger partial charge < -0.3 is 10.6 Å². The molecule has 1 aliphatic heterocycles. The SMILES string of the molecule is Cc1nc(Cl)nc2c1NC(=O)C1(C)CCCC1N2. The molecule has 0 saturated heterocycles. The molecule has 1 aromatic rings. The van der Waals surface area contributed by atoms with E-state index in [2.05, 4.69) is 20.6 Å². The second kappa shape index (κ2) is 3.82. The summed E-state index contributed by atoms with van der Waals surface area (Å²) in [4.78, 5) is 20.6. The van der Waals surface area contributed by atoms with Gasteiger partial charge in [0.1, 0.15) is 5.69 Å². The van der Waals surface area contributed by atoms with Crippen LogP contribution in [0.25, 0.3) is 0 Å². The zero-order chi connectivity index (χ0) is 12.9. The summed E-state index contributed by atoms with van der Waals surface area (Å²) >= 11 is 5.87. The van der Waals surface area contributed by atoms with E-state index in [1.54, 1.807) is 0 Å². The van der Waals surface area contributed by atoms with Crippen LogP contribution in [0.15, 0.2) is 0 Å². The first-order chi connectivity index (χ1) is 8.50. The lowest BCUT2D eigenvalue weighted by Gasteiger charge is -2.27. The van der Waals surface area contributed by atoms with E-state index in [4.69, 9.17) is 11.6 Å². The van der Waals surface area contributed by atoms with Crippen LogP contribution in [0.5, 0.6) is 0 Å². The van der Waals surface area contributed by atoms with Gasteiger partial charge in [-0.25, -0.2) is 4.98 Å². The number of hydrogen-bond acceptors (Lipinski definition) is 4. The topological polar surface area (TPSA) is 66.9 Å². The van der Waals surface area contributed by atoms with Gasteiger partial charge in [-0.15, -0.1) is 0 Å². The van der Waals surface area contributed by atoms with Gasteiger partial charge in [-0.1, -0.05) is 6.42 Å². The molecule has 3 rings (SSSR count). The van der Waals surface area contributed by atoms with E-state index in [1.165, 1.54) is 0 Å². The van der Waals surface area contributed by atoms with E-state index >= 15 is 0 Å². The molecule has 0 radical (unpaired) electrons. The normalized spacial score (nSPS) is 29.9. The maximum absolute atomic E-state index is 12.4. The molecule has 2 N–H and O–H groups in total. The summed E-state index contributed by atoms with van der Waals surface area (Å²) in [5.74, 6) is 0.682. The van der Waals surface area contributed by atoms with Crippen molar-refractivity contribution >= 4 is 29.0 Å². The number of hydrogen-bond donors (Lipinski definition) is 2. The molecule has 1 fully saturated rings. The highest BCUT2D eigenvalue weighted by atomic mass is 35.5. The first-order valence-corrected chi connectivity index (χ1v) is 6.50. The van der Waals surface area contributed by atoms with Crippen molar-refractivity contribution in [3.63, 3.8) is 0 Å². The summed E-state index contributed by atoms with van der Waals surface area (Å²) in [6.07, 6.45) is 2.92. The van der Waals surface area contributed by atoms with E-state index < -0.39 is 0 Å². The smallest absolute Gasteiger partial charge is 0.232 e. The molecule has 18 heavy (non-hydrogen) atoms. The highest BCUT2D eigenvalue weighted by Crippen LogP contribution is 2.44. The molecule has 2 heterocycles. The zero-order valence-electron chi connectivity index (χ0n) is 10.4. The minimum Gasteiger partial charge on any atom is -0.364 e. The minimum absolute atomic E-state index is 0.0465. The Labute approximate surface area is 110 Å². The summed E-state index contributed by atoms with van der Waals surface area (Å²) in [6.45, 7) is 3.82. The average Bonchev–Trinajstić information content (AvgIpc) is 2.62. The van der Waals surface area contributed by atoms with Gasteiger partial charge >= 0.3 is 0 Å². The number of anilines is 2. The standard InChI is InChI=1S/C12H15ClN4O/c1-6-8-9(17-11(13)14-6)15-7-4-3-5-12(7,2)10(18)16-8/h7H,3-5H2,1-2H3,(H,16,18)(H,14,15,17). The first-order valence-electron chi connectivity index (χ1n) is 6.13. The summed E-state index contributed by atoms with van der Waals surface area (Å²) in [5, 5.41) is 6.50. The van der Waals surface area contributed by atoms with Crippen molar-refractivity contribution < 1.29 is 4.79 Å². The molecular formula is C12H15ClN4O. The van der Waals surface area contributed by atoms with E-state index in [1.807, 2.05) is 13.8 Å². The predicted octanol–water partition coefficient (Wildman–Crippen LogP) is 2.36. The van der Waals surface area contributed by atoms with Crippen LogP contribution in [0.4, 0.5) is 11.5 Å². The maximum Gasteiger partial charge on any atom is 0.232 e. The van der Waals surface area contributed by atoms with E-state index in [-0.39, 0.29) is 22.6 Å². The number of aryl methyl sites for hydroxylation is 1. The lowest BCUT2D eigenvalue weighted by Crippen LogP contribution is -2.41. The van der Waals surface area contributed by atoms with Crippen molar-refractivity contribution in [2.24, 2.45) is 5.41 Å². The largest absolute Gasteiger partial charge is 0.364 e. The minimum atomic E-state index is -0.375. The van der Waals surface area contributed by atoms with Crippen LogP contribution in [0.1, 0.15) is 31.9 Å². The number of halogens is 1. The number of carbonyl (C=O) groups is 1. The van der Waals surface area contributed by atoms with E-state index in [9.17, 15) is 4.79 Å². The van der Waals surface area contributed by atoms with Crippen LogP contribution < -0.4 is 10.6 Å². The number of nitrogens with one attached hydrogen (secondary N) is 2. The van der Waals surface area contributed by atoms with Crippen LogP contribution in [-0.2, 0) is 4.79 Å². The molecule has 96 valence electrons. The van der Waals surface area contributed by atoms with Crippen molar-refractivity contribution in [3.05, 3.63) is 11.0 Å². The molecule has 2 atom stereocenters. The second-order valence-electron chi connectivity index (χ2n) is 5.26. The summed E-state index contributed by atoms with van der Waals surface area (Å²) in [6, 6.07) is 0.115. The molecule has 6 heteroatoms. The van der Waals surface area contributed by atoms with Crippen LogP contribution >= 0.6 is 11.6 Å². The maximum atomic E-state index is 12.4. The summed E-state index contributed by atoms with van der Waals surface area (Å²) < 4.78 is 0. The third kappa shape index (κ3) is 1.57. The first kappa shape index (κ1) is 11.7. The van der Waals surface area contributed by atoms with Crippen molar-refractivity contribution in [3.8, 4) is 0 Å². The molecule has 1 aliphatic carbocycles. The number of rotatable bonds is 0. The van der Waals surface area contributed by atoms with E-state index in [0.29, 0.717) is 17.2 Å². The third-order valence-corrected chi connectivity index (χ3v) is 4.26. The molecule has 5 nitrogen and oxygen atoms in total.